The Morgan fingerprint density at radius 2 is 1.29 bits per heavy atom. The quantitative estimate of drug-likeness (QED) is 0.164. The molecule has 14 rings (SSSR count). The molecule has 8 aromatic carbocycles. The number of thiophene rings is 1. The maximum absolute atomic E-state index is 5.70. The zero-order valence-electron chi connectivity index (χ0n) is 31.8. The van der Waals surface area contributed by atoms with E-state index in [-0.39, 0.29) is 0 Å². The van der Waals surface area contributed by atoms with Gasteiger partial charge in [0.2, 0.25) is 0 Å². The molecule has 0 amide bonds. The van der Waals surface area contributed by atoms with Gasteiger partial charge in [0.1, 0.15) is 5.69 Å². The van der Waals surface area contributed by atoms with Crippen LogP contribution in [0.1, 0.15) is 16.9 Å². The van der Waals surface area contributed by atoms with Crippen LogP contribution in [0.4, 0.5) is 0 Å². The van der Waals surface area contributed by atoms with Crippen molar-refractivity contribution in [3.63, 3.8) is 0 Å². The van der Waals surface area contributed by atoms with Crippen molar-refractivity contribution in [3.8, 4) is 45.0 Å². The minimum absolute atomic E-state index is 0.832. The Labute approximate surface area is 342 Å². The van der Waals surface area contributed by atoms with E-state index in [1.165, 1.54) is 81.0 Å². The predicted octanol–water partition coefficient (Wildman–Crippen LogP) is 14.5. The van der Waals surface area contributed by atoms with E-state index >= 15 is 0 Å². The zero-order valence-corrected chi connectivity index (χ0v) is 32.6. The molecule has 2 aliphatic rings. The first-order valence-corrected chi connectivity index (χ1v) is 21.2. The smallest absolute Gasteiger partial charge is 0.165 e. The molecule has 5 heterocycles. The van der Waals surface area contributed by atoms with Gasteiger partial charge in [0.15, 0.2) is 5.82 Å². The van der Waals surface area contributed by atoms with Crippen LogP contribution >= 0.6 is 11.3 Å². The highest BCUT2D eigenvalue weighted by molar-refractivity contribution is 7.19. The monoisotopic (exact) mass is 768 g/mol. The molecule has 0 atom stereocenters. The van der Waals surface area contributed by atoms with Crippen LogP contribution in [-0.2, 0) is 6.42 Å². The number of fused-ring (bicyclic) bond motifs is 18. The van der Waals surface area contributed by atoms with E-state index in [9.17, 15) is 0 Å². The van der Waals surface area contributed by atoms with Crippen LogP contribution in [0.3, 0.4) is 0 Å². The highest BCUT2D eigenvalue weighted by Gasteiger charge is 2.30. The summed E-state index contributed by atoms with van der Waals surface area (Å²) in [5, 5.41) is 8.42. The van der Waals surface area contributed by atoms with Crippen LogP contribution in [-0.4, -0.2) is 19.1 Å². The molecule has 0 unspecified atom stereocenters. The Kier molecular flexibility index (Phi) is 6.25. The maximum atomic E-state index is 5.70. The van der Waals surface area contributed by atoms with E-state index in [1.54, 1.807) is 0 Å². The lowest BCUT2D eigenvalue weighted by Gasteiger charge is -2.16. The number of aryl methyl sites for hydroxylation is 1. The summed E-state index contributed by atoms with van der Waals surface area (Å²) in [6.45, 7) is 0. The Hall–Kier alpha value is -7.34. The van der Waals surface area contributed by atoms with Gasteiger partial charge in [-0.25, -0.2) is 9.97 Å². The molecule has 0 saturated heterocycles. The molecule has 0 bridgehead atoms. The second-order valence-electron chi connectivity index (χ2n) is 16.0. The third kappa shape index (κ3) is 4.22. The average molecular weight is 769 g/mol. The molecule has 0 saturated carbocycles. The summed E-state index contributed by atoms with van der Waals surface area (Å²) in [6, 6.07) is 57.9. The summed E-state index contributed by atoms with van der Waals surface area (Å²) in [6.07, 6.45) is 6.82. The van der Waals surface area contributed by atoms with Gasteiger partial charge in [-0.15, -0.1) is 11.3 Å². The summed E-state index contributed by atoms with van der Waals surface area (Å²) in [5.74, 6) is 0.832. The van der Waals surface area contributed by atoms with Crippen molar-refractivity contribution in [2.75, 3.05) is 0 Å². The fourth-order valence-electron chi connectivity index (χ4n) is 10.4. The molecule has 5 heteroatoms. The molecule has 1 aliphatic heterocycles. The molecule has 0 radical (unpaired) electrons. The van der Waals surface area contributed by atoms with Crippen molar-refractivity contribution in [1.29, 1.82) is 0 Å². The van der Waals surface area contributed by atoms with E-state index in [0.29, 0.717) is 0 Å². The second-order valence-corrected chi connectivity index (χ2v) is 17.1. The summed E-state index contributed by atoms with van der Waals surface area (Å²) in [4.78, 5) is 12.9. The highest BCUT2D eigenvalue weighted by Crippen LogP contribution is 2.52. The fourth-order valence-corrected chi connectivity index (χ4v) is 11.6. The first kappa shape index (κ1) is 31.7. The number of allylic oxidation sites excluding steroid dienone is 1. The average Bonchev–Trinajstić information content (AvgIpc) is 3.92. The normalized spacial score (nSPS) is 13.2. The molecule has 274 valence electrons. The van der Waals surface area contributed by atoms with Crippen molar-refractivity contribution in [2.24, 2.45) is 0 Å². The summed E-state index contributed by atoms with van der Waals surface area (Å²) in [5.41, 5.74) is 15.9. The van der Waals surface area contributed by atoms with Crippen molar-refractivity contribution in [1.82, 2.24) is 19.1 Å². The third-order valence-electron chi connectivity index (χ3n) is 12.9. The molecule has 4 aromatic heterocycles. The van der Waals surface area contributed by atoms with Gasteiger partial charge in [0.05, 0.1) is 38.8 Å². The van der Waals surface area contributed by atoms with Crippen LogP contribution in [0.5, 0.6) is 0 Å². The van der Waals surface area contributed by atoms with E-state index in [0.717, 1.165) is 62.8 Å². The number of aromatic nitrogens is 4. The molecular weight excluding hydrogens is 737 g/mol. The lowest BCUT2D eigenvalue weighted by Crippen LogP contribution is -2.04. The highest BCUT2D eigenvalue weighted by atomic mass is 32.1. The summed E-state index contributed by atoms with van der Waals surface area (Å²) in [7, 11) is 0. The van der Waals surface area contributed by atoms with Gasteiger partial charge in [-0.1, -0.05) is 127 Å². The summed E-state index contributed by atoms with van der Waals surface area (Å²) < 4.78 is 6.24. The van der Waals surface area contributed by atoms with Gasteiger partial charge in [-0.05, 0) is 77.4 Å². The molecule has 4 nitrogen and oxygen atoms in total. The number of nitrogens with zero attached hydrogens (tertiary/aromatic N) is 4. The third-order valence-corrected chi connectivity index (χ3v) is 14.1. The largest absolute Gasteiger partial charge is 0.308 e. The molecule has 0 N–H and O–H groups in total. The number of rotatable bonds is 2. The molecule has 12 aromatic rings. The second kappa shape index (κ2) is 11.6. The van der Waals surface area contributed by atoms with Crippen LogP contribution in [0.2, 0.25) is 0 Å². The van der Waals surface area contributed by atoms with Gasteiger partial charge in [0.25, 0.3) is 0 Å². The van der Waals surface area contributed by atoms with Crippen molar-refractivity contribution >= 4 is 92.9 Å². The van der Waals surface area contributed by atoms with E-state index in [2.05, 4.69) is 179 Å². The van der Waals surface area contributed by atoms with Crippen molar-refractivity contribution in [2.45, 2.75) is 12.8 Å². The number of hydrogen-bond acceptors (Lipinski definition) is 3. The van der Waals surface area contributed by atoms with Crippen LogP contribution < -0.4 is 0 Å². The maximum Gasteiger partial charge on any atom is 0.165 e. The topological polar surface area (TPSA) is 35.6 Å². The van der Waals surface area contributed by atoms with E-state index in [1.807, 2.05) is 11.3 Å². The van der Waals surface area contributed by atoms with Gasteiger partial charge in [-0.3, -0.25) is 4.57 Å². The Balaban J connectivity index is 1.18. The Bertz CT molecular complexity index is 3860. The minimum Gasteiger partial charge on any atom is -0.308 e. The van der Waals surface area contributed by atoms with E-state index in [4.69, 9.17) is 9.97 Å². The number of hydrogen-bond donors (Lipinski definition) is 0. The Morgan fingerprint density at radius 3 is 2.19 bits per heavy atom. The molecule has 0 fully saturated rings. The number of para-hydroxylation sites is 3. The van der Waals surface area contributed by atoms with Gasteiger partial charge >= 0.3 is 0 Å². The van der Waals surface area contributed by atoms with Crippen LogP contribution in [0, 0.1) is 0 Å². The SMILES string of the molecule is C1=Cc2c(sc3ccc(-c4nc5c(ccc6ccccc65)nc4-n4c5ccccc5c5c6c7c(cc54)c4ccccc4n7-c4ccccc4-c4ccccc4-6)cc23)CC1. The first-order chi connectivity index (χ1) is 29.3. The molecular formula is C54H32N4S. The Morgan fingerprint density at radius 1 is 0.542 bits per heavy atom. The predicted molar refractivity (Wildman–Crippen MR) is 248 cm³/mol. The van der Waals surface area contributed by atoms with Gasteiger partial charge in [0, 0.05) is 58.6 Å². The first-order valence-electron chi connectivity index (χ1n) is 20.4. The minimum atomic E-state index is 0.832. The standard InChI is InChI=1S/C54H32N4S/c1-2-14-33-31(13-1)25-27-42-52(33)56-51(32-26-28-48-40(29-32)37-18-8-12-24-47(37)59-48)54(55-42)58-45-23-11-7-20-39(45)49-46(58)30-41-36-17-6-10-22-44(36)57-43-21-9-5-16-35(43)34-15-3-4-19-38(34)50(49)53(41)57/h1-11,13-23,25-30H,12,24H2. The molecule has 1 aliphatic carbocycles. The number of benzene rings is 8. The molecule has 59 heavy (non-hydrogen) atoms. The van der Waals surface area contributed by atoms with Crippen LogP contribution in [0.25, 0.3) is 127 Å². The van der Waals surface area contributed by atoms with E-state index < -0.39 is 0 Å². The fraction of sp³-hybridized carbons (Fsp3) is 0.0370. The summed E-state index contributed by atoms with van der Waals surface area (Å²) >= 11 is 1.92. The van der Waals surface area contributed by atoms with Gasteiger partial charge < -0.3 is 4.57 Å². The van der Waals surface area contributed by atoms with Crippen molar-refractivity contribution in [3.05, 3.63) is 174 Å². The van der Waals surface area contributed by atoms with Crippen LogP contribution in [0.15, 0.2) is 164 Å². The van der Waals surface area contributed by atoms with Crippen molar-refractivity contribution < 1.29 is 0 Å². The lowest BCUT2D eigenvalue weighted by molar-refractivity contribution is 1.02. The molecule has 0 spiro atoms. The lowest BCUT2D eigenvalue weighted by atomic mass is 9.91. The van der Waals surface area contributed by atoms with Gasteiger partial charge in [-0.2, -0.15) is 0 Å². The zero-order chi connectivity index (χ0) is 38.3.